The molecule has 1 saturated heterocycles. The average molecular weight is 210 g/mol. The van der Waals surface area contributed by atoms with Crippen molar-refractivity contribution in [3.05, 3.63) is 17.8 Å². The van der Waals surface area contributed by atoms with Gasteiger partial charge in [0.05, 0.1) is 6.20 Å². The van der Waals surface area contributed by atoms with Gasteiger partial charge in [-0.05, 0) is 20.0 Å². The molecule has 5 nitrogen and oxygen atoms in total. The SMILES string of the molecule is CN1CCC(c2ncc(CC(=O)O)o2)C1. The van der Waals surface area contributed by atoms with E-state index >= 15 is 0 Å². The maximum atomic E-state index is 10.5. The predicted molar refractivity (Wildman–Crippen MR) is 52.7 cm³/mol. The largest absolute Gasteiger partial charge is 0.481 e. The molecule has 1 atom stereocenters. The highest BCUT2D eigenvalue weighted by Gasteiger charge is 2.25. The van der Waals surface area contributed by atoms with Crippen molar-refractivity contribution in [1.82, 2.24) is 9.88 Å². The number of rotatable bonds is 3. The van der Waals surface area contributed by atoms with Crippen molar-refractivity contribution in [2.24, 2.45) is 0 Å². The Morgan fingerprint density at radius 2 is 2.60 bits per heavy atom. The van der Waals surface area contributed by atoms with Crippen LogP contribution in [0.1, 0.15) is 24.0 Å². The zero-order chi connectivity index (χ0) is 10.8. The fourth-order valence-corrected chi connectivity index (χ4v) is 1.88. The van der Waals surface area contributed by atoms with E-state index in [1.165, 1.54) is 6.20 Å². The van der Waals surface area contributed by atoms with E-state index in [1.54, 1.807) is 0 Å². The van der Waals surface area contributed by atoms with E-state index in [2.05, 4.69) is 16.9 Å². The third-order valence-corrected chi connectivity index (χ3v) is 2.64. The molecule has 1 aromatic heterocycles. The third-order valence-electron chi connectivity index (χ3n) is 2.64. The number of carboxylic acid groups (broad SMARTS) is 1. The Balaban J connectivity index is 2.03. The first-order valence-electron chi connectivity index (χ1n) is 5.00. The van der Waals surface area contributed by atoms with Crippen LogP contribution in [0.15, 0.2) is 10.6 Å². The van der Waals surface area contributed by atoms with Gasteiger partial charge < -0.3 is 14.4 Å². The molecule has 0 spiro atoms. The number of carboxylic acids is 1. The smallest absolute Gasteiger partial charge is 0.311 e. The van der Waals surface area contributed by atoms with E-state index in [0.29, 0.717) is 17.6 Å². The molecule has 1 aliphatic heterocycles. The van der Waals surface area contributed by atoms with Crippen molar-refractivity contribution < 1.29 is 14.3 Å². The molecule has 0 saturated carbocycles. The molecule has 0 aromatic carbocycles. The van der Waals surface area contributed by atoms with Crippen molar-refractivity contribution in [1.29, 1.82) is 0 Å². The number of carbonyl (C=O) groups is 1. The van der Waals surface area contributed by atoms with Gasteiger partial charge >= 0.3 is 5.97 Å². The number of aliphatic carboxylic acids is 1. The molecule has 1 aliphatic rings. The second-order valence-corrected chi connectivity index (χ2v) is 3.98. The topological polar surface area (TPSA) is 66.6 Å². The molecule has 5 heteroatoms. The van der Waals surface area contributed by atoms with Crippen molar-refractivity contribution in [2.45, 2.75) is 18.8 Å². The zero-order valence-corrected chi connectivity index (χ0v) is 8.64. The van der Waals surface area contributed by atoms with E-state index in [0.717, 1.165) is 19.5 Å². The van der Waals surface area contributed by atoms with Crippen LogP contribution in [0.2, 0.25) is 0 Å². The summed E-state index contributed by atoms with van der Waals surface area (Å²) in [6.07, 6.45) is 2.46. The summed E-state index contributed by atoms with van der Waals surface area (Å²) in [5, 5.41) is 8.59. The van der Waals surface area contributed by atoms with E-state index < -0.39 is 5.97 Å². The van der Waals surface area contributed by atoms with Gasteiger partial charge in [-0.1, -0.05) is 0 Å². The molecule has 1 N–H and O–H groups in total. The lowest BCUT2D eigenvalue weighted by atomic mass is 10.1. The first-order chi connectivity index (χ1) is 7.15. The summed E-state index contributed by atoms with van der Waals surface area (Å²) < 4.78 is 5.41. The highest BCUT2D eigenvalue weighted by Crippen LogP contribution is 2.25. The molecule has 1 fully saturated rings. The molecule has 15 heavy (non-hydrogen) atoms. The predicted octanol–water partition coefficient (Wildman–Crippen LogP) is 0.721. The van der Waals surface area contributed by atoms with Crippen molar-refractivity contribution >= 4 is 5.97 Å². The van der Waals surface area contributed by atoms with Gasteiger partial charge in [-0.3, -0.25) is 4.79 Å². The van der Waals surface area contributed by atoms with Crippen LogP contribution in [0, 0.1) is 0 Å². The summed E-state index contributed by atoms with van der Waals surface area (Å²) in [7, 11) is 2.06. The Hall–Kier alpha value is -1.36. The number of hydrogen-bond donors (Lipinski definition) is 1. The average Bonchev–Trinajstić information content (AvgIpc) is 2.72. The van der Waals surface area contributed by atoms with Gasteiger partial charge in [0.25, 0.3) is 0 Å². The Morgan fingerprint density at radius 1 is 1.80 bits per heavy atom. The zero-order valence-electron chi connectivity index (χ0n) is 8.64. The summed E-state index contributed by atoms with van der Waals surface area (Å²) in [6, 6.07) is 0. The second-order valence-electron chi connectivity index (χ2n) is 3.98. The third kappa shape index (κ3) is 2.36. The van der Waals surface area contributed by atoms with Gasteiger partial charge in [0.1, 0.15) is 12.2 Å². The van der Waals surface area contributed by atoms with Crippen LogP contribution in [-0.2, 0) is 11.2 Å². The molecule has 82 valence electrons. The van der Waals surface area contributed by atoms with Crippen LogP contribution in [-0.4, -0.2) is 41.1 Å². The van der Waals surface area contributed by atoms with Gasteiger partial charge in [-0.25, -0.2) is 4.98 Å². The maximum absolute atomic E-state index is 10.5. The van der Waals surface area contributed by atoms with Crippen LogP contribution < -0.4 is 0 Å². The van der Waals surface area contributed by atoms with Crippen molar-refractivity contribution in [3.63, 3.8) is 0 Å². The standard InChI is InChI=1S/C10H14N2O3/c1-12-3-2-7(6-12)10-11-5-8(15-10)4-9(13)14/h5,7H,2-4,6H2,1H3,(H,13,14). The number of likely N-dealkylation sites (N-methyl/N-ethyl adjacent to an activating group) is 1. The Labute approximate surface area is 87.7 Å². The van der Waals surface area contributed by atoms with Gasteiger partial charge in [0, 0.05) is 12.5 Å². The Kier molecular flexibility index (Phi) is 2.73. The fourth-order valence-electron chi connectivity index (χ4n) is 1.88. The van der Waals surface area contributed by atoms with Crippen LogP contribution in [0.25, 0.3) is 0 Å². The first kappa shape index (κ1) is 10.2. The molecule has 0 radical (unpaired) electrons. The Bertz CT molecular complexity index is 361. The maximum Gasteiger partial charge on any atom is 0.311 e. The molecule has 0 aliphatic carbocycles. The summed E-state index contributed by atoms with van der Waals surface area (Å²) in [5.74, 6) is 0.543. The first-order valence-corrected chi connectivity index (χ1v) is 5.00. The molecular weight excluding hydrogens is 196 g/mol. The van der Waals surface area contributed by atoms with Crippen molar-refractivity contribution in [3.8, 4) is 0 Å². The Morgan fingerprint density at radius 3 is 3.20 bits per heavy atom. The van der Waals surface area contributed by atoms with Gasteiger partial charge in [-0.2, -0.15) is 0 Å². The summed E-state index contributed by atoms with van der Waals surface area (Å²) in [4.78, 5) is 16.8. The lowest BCUT2D eigenvalue weighted by molar-refractivity contribution is -0.136. The molecule has 2 heterocycles. The van der Waals surface area contributed by atoms with E-state index in [-0.39, 0.29) is 6.42 Å². The van der Waals surface area contributed by atoms with Crippen molar-refractivity contribution in [2.75, 3.05) is 20.1 Å². The molecular formula is C10H14N2O3. The van der Waals surface area contributed by atoms with Crippen LogP contribution in [0.5, 0.6) is 0 Å². The van der Waals surface area contributed by atoms with Crippen LogP contribution in [0.3, 0.4) is 0 Å². The quantitative estimate of drug-likeness (QED) is 0.796. The summed E-state index contributed by atoms with van der Waals surface area (Å²) in [6.45, 7) is 1.98. The number of hydrogen-bond acceptors (Lipinski definition) is 4. The van der Waals surface area contributed by atoms with Gasteiger partial charge in [0.15, 0.2) is 5.89 Å². The minimum Gasteiger partial charge on any atom is -0.481 e. The monoisotopic (exact) mass is 210 g/mol. The molecule has 0 bridgehead atoms. The minimum atomic E-state index is -0.888. The van der Waals surface area contributed by atoms with E-state index in [1.807, 2.05) is 0 Å². The number of oxazole rings is 1. The van der Waals surface area contributed by atoms with E-state index in [4.69, 9.17) is 9.52 Å². The van der Waals surface area contributed by atoms with Gasteiger partial charge in [-0.15, -0.1) is 0 Å². The molecule has 2 rings (SSSR count). The van der Waals surface area contributed by atoms with Gasteiger partial charge in [0.2, 0.25) is 0 Å². The summed E-state index contributed by atoms with van der Waals surface area (Å²) in [5.41, 5.74) is 0. The summed E-state index contributed by atoms with van der Waals surface area (Å²) >= 11 is 0. The van der Waals surface area contributed by atoms with Crippen LogP contribution >= 0.6 is 0 Å². The number of aromatic nitrogens is 1. The number of nitrogens with zero attached hydrogens (tertiary/aromatic N) is 2. The normalized spacial score (nSPS) is 22.1. The van der Waals surface area contributed by atoms with Crippen LogP contribution in [0.4, 0.5) is 0 Å². The minimum absolute atomic E-state index is 0.0877. The molecule has 1 aromatic rings. The highest BCUT2D eigenvalue weighted by molar-refractivity contribution is 5.69. The van der Waals surface area contributed by atoms with E-state index in [9.17, 15) is 4.79 Å². The fraction of sp³-hybridized carbons (Fsp3) is 0.600. The molecule has 0 amide bonds. The number of likely N-dealkylation sites (tertiary alicyclic amines) is 1. The lowest BCUT2D eigenvalue weighted by Gasteiger charge is -2.05. The molecule has 1 unspecified atom stereocenters. The highest BCUT2D eigenvalue weighted by atomic mass is 16.4. The lowest BCUT2D eigenvalue weighted by Crippen LogP contribution is -2.13. The second kappa shape index (κ2) is 4.02.